The molecule has 5 heterocycles. The van der Waals surface area contributed by atoms with E-state index >= 15 is 4.79 Å². The third-order valence-corrected chi connectivity index (χ3v) is 22.9. The quantitative estimate of drug-likeness (QED) is 0.0449. The van der Waals surface area contributed by atoms with Crippen molar-refractivity contribution in [2.75, 3.05) is 33.0 Å². The van der Waals surface area contributed by atoms with E-state index in [-0.39, 0.29) is 17.8 Å². The highest BCUT2D eigenvalue weighted by Gasteiger charge is 2.73. The van der Waals surface area contributed by atoms with Gasteiger partial charge in [0.05, 0.1) is 56.1 Å². The molecule has 0 amide bonds. The van der Waals surface area contributed by atoms with Crippen molar-refractivity contribution >= 4 is 11.9 Å². The number of hydrogen-bond donors (Lipinski definition) is 16. The van der Waals surface area contributed by atoms with Crippen LogP contribution in [-0.4, -0.2) is 274 Å². The van der Waals surface area contributed by atoms with Crippen LogP contribution < -0.4 is 0 Å². The standard InChI is InChI=1S/C58H92O28/c1-23-40(82-45-37(69)32(64)27(63)20-77-45)41(83-49-43(72)58(76,21-61)22-78-49)39(71)47(79-23)84-42-36(68)34(66)29(19-60)81-48(42)86-51(75)57-14-12-52(2,3)16-25(57)24-8-9-30-53(4)17-26(62)44(85-46-38(70)35(67)33(65)28(18-59)80-46)56(7,50(73)74)31(53)10-11-55(30,6)54(24,5)13-15-57/h8,23,25-49,59-72,76H,9-22H2,1-7H3,(H,73,74)/t23-,25-,26-,27+,28+,29+,30+,31+,32-,33+,34+,35-,36-,37+,38+,39+,40-,41-,42+,43-,44-,45-,46-,47-,48-,49-,53+,54+,55+,56-,57-,58+/m0/s1. The molecule has 0 radical (unpaired) electrons. The summed E-state index contributed by atoms with van der Waals surface area (Å²) >= 11 is 0. The average molecular weight is 1240 g/mol. The molecule has 0 unspecified atom stereocenters. The number of esters is 1. The van der Waals surface area contributed by atoms with Crippen LogP contribution in [0.25, 0.3) is 0 Å². The summed E-state index contributed by atoms with van der Waals surface area (Å²) in [7, 11) is 0. The van der Waals surface area contributed by atoms with Gasteiger partial charge in [-0.1, -0.05) is 46.3 Å². The van der Waals surface area contributed by atoms with E-state index in [1.807, 2.05) is 6.92 Å². The van der Waals surface area contributed by atoms with Gasteiger partial charge in [0.1, 0.15) is 97.2 Å². The lowest BCUT2D eigenvalue weighted by atomic mass is 9.33. The van der Waals surface area contributed by atoms with Gasteiger partial charge >= 0.3 is 11.9 Å². The topological polar surface area (TPSA) is 450 Å². The molecule has 5 aliphatic heterocycles. The van der Waals surface area contributed by atoms with Crippen LogP contribution in [0.3, 0.4) is 0 Å². The first-order valence-corrected chi connectivity index (χ1v) is 30.2. The summed E-state index contributed by atoms with van der Waals surface area (Å²) in [5, 5.41) is 174. The van der Waals surface area contributed by atoms with Gasteiger partial charge < -0.3 is 129 Å². The molecule has 10 rings (SSSR count). The number of aliphatic carboxylic acids is 1. The van der Waals surface area contributed by atoms with Gasteiger partial charge in [0.2, 0.25) is 6.29 Å². The van der Waals surface area contributed by atoms with Crippen LogP contribution in [0.5, 0.6) is 0 Å². The largest absolute Gasteiger partial charge is 0.481 e. The van der Waals surface area contributed by atoms with Gasteiger partial charge in [-0.25, -0.2) is 0 Å². The zero-order valence-corrected chi connectivity index (χ0v) is 49.5. The van der Waals surface area contributed by atoms with Crippen molar-refractivity contribution in [1.29, 1.82) is 0 Å². The fourth-order valence-electron chi connectivity index (χ4n) is 17.5. The normalized spacial score (nSPS) is 54.6. The summed E-state index contributed by atoms with van der Waals surface area (Å²) in [6.07, 6.45) is -33.3. The van der Waals surface area contributed by atoms with Gasteiger partial charge in [-0.3, -0.25) is 9.59 Å². The number of carbonyl (C=O) groups is 2. The van der Waals surface area contributed by atoms with Gasteiger partial charge in [-0.05, 0) is 111 Å². The number of ether oxygens (including phenoxy) is 10. The van der Waals surface area contributed by atoms with E-state index in [0.29, 0.717) is 51.4 Å². The lowest BCUT2D eigenvalue weighted by Crippen LogP contribution is -2.70. The molecule has 9 fully saturated rings. The molecule has 0 spiro atoms. The van der Waals surface area contributed by atoms with Gasteiger partial charge in [-0.2, -0.15) is 0 Å². The molecule has 86 heavy (non-hydrogen) atoms. The number of carboxylic acid groups (broad SMARTS) is 1. The summed E-state index contributed by atoms with van der Waals surface area (Å²) in [5.41, 5.74) is -6.47. The van der Waals surface area contributed by atoms with Crippen molar-refractivity contribution in [2.45, 2.75) is 253 Å². The molecule has 5 saturated heterocycles. The predicted octanol–water partition coefficient (Wildman–Crippen LogP) is -3.87. The molecule has 492 valence electrons. The summed E-state index contributed by atoms with van der Waals surface area (Å²) in [4.78, 5) is 29.4. The summed E-state index contributed by atoms with van der Waals surface area (Å²) < 4.78 is 59.8. The van der Waals surface area contributed by atoms with Gasteiger partial charge in [0, 0.05) is 0 Å². The maximum absolute atomic E-state index is 15.6. The van der Waals surface area contributed by atoms with Crippen LogP contribution in [0.4, 0.5) is 0 Å². The number of hydrogen-bond acceptors (Lipinski definition) is 27. The molecule has 5 aliphatic carbocycles. The fraction of sp³-hybridized carbons (Fsp3) is 0.931. The Kier molecular flexibility index (Phi) is 18.6. The van der Waals surface area contributed by atoms with Crippen molar-refractivity contribution < 1.29 is 139 Å². The SMILES string of the molecule is C[C@@H]1O[C@@H](O[C@H]2[C@H](OC(=O)[C@]34CCC(C)(C)C[C@H]3C3=CC[C@@H]5[C@@]6(C)C[C@H](O)[C@H](O[C@@H]7O[C@H](CO)[C@@H](O)[C@H](O)[C@H]7O)[C@@](C)(C(=O)O)[C@@H]6CC[C@@]5(C)[C@]3(C)CC4)O[C@H](CO)[C@@H](O)[C@@H]2O)[C@H](O)[C@H](O[C@@H]2OC[C@](O)(CO)[C@H]2O)[C@H]1O[C@@H]1OC[C@@H](O)[C@H](O)[C@H]1O. The van der Waals surface area contributed by atoms with Crippen molar-refractivity contribution in [1.82, 2.24) is 0 Å². The number of carboxylic acids is 1. The molecule has 0 bridgehead atoms. The van der Waals surface area contributed by atoms with Crippen LogP contribution in [0.15, 0.2) is 11.6 Å². The molecule has 10 aliphatic rings. The van der Waals surface area contributed by atoms with Crippen LogP contribution in [0.1, 0.15) is 106 Å². The first kappa shape index (κ1) is 66.6. The second kappa shape index (κ2) is 24.0. The van der Waals surface area contributed by atoms with E-state index < -0.39 is 231 Å². The van der Waals surface area contributed by atoms with E-state index in [9.17, 15) is 86.5 Å². The average Bonchev–Trinajstić information content (AvgIpc) is 0.836. The van der Waals surface area contributed by atoms with E-state index in [1.165, 1.54) is 13.8 Å². The molecule has 4 saturated carbocycles. The number of fused-ring (bicyclic) bond motifs is 7. The second-order valence-electron chi connectivity index (χ2n) is 28.2. The highest BCUT2D eigenvalue weighted by molar-refractivity contribution is 5.79. The minimum absolute atomic E-state index is 0.0854. The third kappa shape index (κ3) is 10.6. The summed E-state index contributed by atoms with van der Waals surface area (Å²) in [6, 6.07) is 0. The van der Waals surface area contributed by atoms with E-state index in [2.05, 4.69) is 33.8 Å². The Bertz CT molecular complexity index is 2470. The Morgan fingerprint density at radius 3 is 1.85 bits per heavy atom. The van der Waals surface area contributed by atoms with Gasteiger partial charge in [-0.15, -0.1) is 0 Å². The molecular formula is C58H92O28. The Morgan fingerprint density at radius 2 is 1.21 bits per heavy atom. The summed E-state index contributed by atoms with van der Waals surface area (Å²) in [6.45, 7) is 9.96. The van der Waals surface area contributed by atoms with E-state index in [1.54, 1.807) is 0 Å². The highest BCUT2D eigenvalue weighted by atomic mass is 16.8. The predicted molar refractivity (Wildman–Crippen MR) is 285 cm³/mol. The van der Waals surface area contributed by atoms with Gasteiger partial charge in [0.25, 0.3) is 0 Å². The zero-order valence-electron chi connectivity index (χ0n) is 49.5. The number of rotatable bonds is 14. The first-order valence-electron chi connectivity index (χ1n) is 30.2. The van der Waals surface area contributed by atoms with Crippen LogP contribution >= 0.6 is 0 Å². The number of aliphatic hydroxyl groups excluding tert-OH is 14. The third-order valence-electron chi connectivity index (χ3n) is 22.9. The molecule has 0 aromatic heterocycles. The van der Waals surface area contributed by atoms with Crippen LogP contribution in [0.2, 0.25) is 0 Å². The molecule has 28 nitrogen and oxygen atoms in total. The molecule has 0 aromatic rings. The number of allylic oxidation sites excluding steroid dienone is 2. The van der Waals surface area contributed by atoms with Crippen molar-refractivity contribution in [3.8, 4) is 0 Å². The molecular weight excluding hydrogens is 1140 g/mol. The lowest BCUT2D eigenvalue weighted by molar-refractivity contribution is -0.385. The molecule has 32 atom stereocenters. The monoisotopic (exact) mass is 1240 g/mol. The van der Waals surface area contributed by atoms with Crippen LogP contribution in [0, 0.1) is 50.2 Å². The highest BCUT2D eigenvalue weighted by Crippen LogP contribution is 2.76. The first-order chi connectivity index (χ1) is 40.2. The van der Waals surface area contributed by atoms with Crippen molar-refractivity contribution in [2.24, 2.45) is 50.2 Å². The minimum atomic E-state index is -2.20. The van der Waals surface area contributed by atoms with Crippen molar-refractivity contribution in [3.05, 3.63) is 11.6 Å². The Balaban J connectivity index is 0.924. The number of carbonyl (C=O) groups excluding carboxylic acids is 1. The summed E-state index contributed by atoms with van der Waals surface area (Å²) in [5.74, 6) is -3.26. The fourth-order valence-corrected chi connectivity index (χ4v) is 17.5. The molecule has 28 heteroatoms. The lowest BCUT2D eigenvalue weighted by Gasteiger charge is -2.71. The zero-order chi connectivity index (χ0) is 62.9. The number of aliphatic hydroxyl groups is 15. The van der Waals surface area contributed by atoms with E-state index in [0.717, 1.165) is 5.57 Å². The van der Waals surface area contributed by atoms with E-state index in [4.69, 9.17) is 47.4 Å². The maximum Gasteiger partial charge on any atom is 0.315 e. The maximum atomic E-state index is 15.6. The van der Waals surface area contributed by atoms with Crippen LogP contribution in [-0.2, 0) is 57.0 Å². The Morgan fingerprint density at radius 1 is 0.605 bits per heavy atom. The Hall–Kier alpha value is -2.28. The molecule has 16 N–H and O–H groups in total. The molecule has 0 aromatic carbocycles. The van der Waals surface area contributed by atoms with Gasteiger partial charge in [0.15, 0.2) is 31.3 Å². The second-order valence-corrected chi connectivity index (χ2v) is 28.2. The smallest absolute Gasteiger partial charge is 0.315 e. The minimum Gasteiger partial charge on any atom is -0.481 e. The Labute approximate surface area is 497 Å². The van der Waals surface area contributed by atoms with Crippen molar-refractivity contribution in [3.63, 3.8) is 0 Å².